The number of benzene rings is 2. The number of nitrogens with one attached hydrogen (secondary N) is 1. The molecule has 136 valence electrons. The number of halogens is 1. The van der Waals surface area contributed by atoms with Crippen LogP contribution in [-0.4, -0.2) is 27.8 Å². The van der Waals surface area contributed by atoms with Crippen LogP contribution in [-0.2, 0) is 0 Å². The highest BCUT2D eigenvalue weighted by Gasteiger charge is 2.22. The first kappa shape index (κ1) is 17.3. The van der Waals surface area contributed by atoms with Crippen LogP contribution in [0.5, 0.6) is 0 Å². The number of amides is 1. The number of carbonyl (C=O) groups is 1. The van der Waals surface area contributed by atoms with Crippen molar-refractivity contribution in [3.63, 3.8) is 0 Å². The molecule has 6 nitrogen and oxygen atoms in total. The third kappa shape index (κ3) is 3.57. The Bertz CT molecular complexity index is 1060. The van der Waals surface area contributed by atoms with E-state index in [9.17, 15) is 14.3 Å². The number of hydrogen-bond donors (Lipinski definition) is 2. The minimum atomic E-state index is -0.863. The third-order valence-electron chi connectivity index (χ3n) is 3.98. The lowest BCUT2D eigenvalue weighted by Gasteiger charge is -2.12. The molecule has 0 aliphatic carbocycles. The van der Waals surface area contributed by atoms with Gasteiger partial charge in [0.05, 0.1) is 11.5 Å². The topological polar surface area (TPSA) is 88.2 Å². The van der Waals surface area contributed by atoms with Gasteiger partial charge in [0.2, 0.25) is 5.82 Å². The van der Waals surface area contributed by atoms with E-state index in [0.29, 0.717) is 5.82 Å². The van der Waals surface area contributed by atoms with Crippen LogP contribution < -0.4 is 5.32 Å². The van der Waals surface area contributed by atoms with Crippen molar-refractivity contribution in [2.45, 2.75) is 6.04 Å². The number of aromatic nitrogens is 2. The van der Waals surface area contributed by atoms with E-state index in [0.717, 1.165) is 15.0 Å². The summed E-state index contributed by atoms with van der Waals surface area (Å²) in [5, 5.41) is 17.3. The Hall–Kier alpha value is -3.10. The first-order chi connectivity index (χ1) is 13.1. The number of carbonyl (C=O) groups excluding carboxylic acids is 1. The number of hydrogen-bond acceptors (Lipinski definition) is 6. The van der Waals surface area contributed by atoms with E-state index in [-0.39, 0.29) is 11.5 Å². The Balaban J connectivity index is 1.55. The lowest BCUT2D eigenvalue weighted by atomic mass is 10.2. The fraction of sp³-hybridized carbons (Fsp3) is 0.105. The summed E-state index contributed by atoms with van der Waals surface area (Å²) >= 11 is 1.52. The van der Waals surface area contributed by atoms with Crippen LogP contribution in [0.15, 0.2) is 59.1 Å². The Morgan fingerprint density at radius 2 is 2.00 bits per heavy atom. The van der Waals surface area contributed by atoms with Crippen LogP contribution in [0.2, 0.25) is 0 Å². The summed E-state index contributed by atoms with van der Waals surface area (Å²) in [7, 11) is 0. The fourth-order valence-electron chi connectivity index (χ4n) is 2.60. The normalized spacial score (nSPS) is 12.2. The van der Waals surface area contributed by atoms with Crippen molar-refractivity contribution < 1.29 is 18.8 Å². The van der Waals surface area contributed by atoms with Gasteiger partial charge in [-0.05, 0) is 41.8 Å². The van der Waals surface area contributed by atoms with Gasteiger partial charge >= 0.3 is 0 Å². The number of aliphatic hydroxyl groups is 1. The highest BCUT2D eigenvalue weighted by atomic mass is 32.1. The number of aliphatic hydroxyl groups excluding tert-OH is 1. The SMILES string of the molecule is O=C(NC(CO)c1nc(-c2cc3ccccc3s2)no1)c1ccc(F)cc1. The molecule has 2 N–H and O–H groups in total. The molecular weight excluding hydrogens is 369 g/mol. The maximum atomic E-state index is 13.0. The average Bonchev–Trinajstić information content (AvgIpc) is 3.33. The largest absolute Gasteiger partial charge is 0.394 e. The molecule has 0 bridgehead atoms. The van der Waals surface area contributed by atoms with Crippen LogP contribution in [0.3, 0.4) is 0 Å². The molecule has 2 aromatic heterocycles. The fourth-order valence-corrected chi connectivity index (χ4v) is 3.59. The smallest absolute Gasteiger partial charge is 0.251 e. The van der Waals surface area contributed by atoms with Gasteiger partial charge in [0.15, 0.2) is 0 Å². The van der Waals surface area contributed by atoms with Gasteiger partial charge in [0.1, 0.15) is 11.9 Å². The van der Waals surface area contributed by atoms with E-state index in [1.54, 1.807) is 0 Å². The van der Waals surface area contributed by atoms with E-state index >= 15 is 0 Å². The lowest BCUT2D eigenvalue weighted by Crippen LogP contribution is -2.31. The van der Waals surface area contributed by atoms with E-state index in [2.05, 4.69) is 15.5 Å². The molecule has 4 rings (SSSR count). The molecule has 0 fully saturated rings. The van der Waals surface area contributed by atoms with Crippen molar-refractivity contribution in [1.82, 2.24) is 15.5 Å². The first-order valence-corrected chi connectivity index (χ1v) is 8.95. The van der Waals surface area contributed by atoms with Crippen LogP contribution in [0.4, 0.5) is 4.39 Å². The van der Waals surface area contributed by atoms with Crippen molar-refractivity contribution in [2.75, 3.05) is 6.61 Å². The minimum Gasteiger partial charge on any atom is -0.394 e. The van der Waals surface area contributed by atoms with Crippen LogP contribution in [0.1, 0.15) is 22.3 Å². The Morgan fingerprint density at radius 1 is 1.22 bits per heavy atom. The van der Waals surface area contributed by atoms with Crippen molar-refractivity contribution >= 4 is 27.3 Å². The highest BCUT2D eigenvalue weighted by Crippen LogP contribution is 2.32. The predicted octanol–water partition coefficient (Wildman–Crippen LogP) is 3.55. The van der Waals surface area contributed by atoms with Gasteiger partial charge in [0, 0.05) is 10.3 Å². The van der Waals surface area contributed by atoms with Gasteiger partial charge in [-0.25, -0.2) is 4.39 Å². The summed E-state index contributed by atoms with van der Waals surface area (Å²) in [4.78, 5) is 17.4. The van der Waals surface area contributed by atoms with Crippen molar-refractivity contribution in [3.8, 4) is 10.7 Å². The number of thiophene rings is 1. The maximum Gasteiger partial charge on any atom is 0.251 e. The molecular formula is C19H14FN3O3S. The maximum absolute atomic E-state index is 13.0. The molecule has 1 atom stereocenters. The second-order valence-electron chi connectivity index (χ2n) is 5.82. The zero-order valence-electron chi connectivity index (χ0n) is 13.9. The Kier molecular flexibility index (Phi) is 4.66. The van der Waals surface area contributed by atoms with Crippen LogP contribution in [0, 0.1) is 5.82 Å². The standard InChI is InChI=1S/C19H14FN3O3S/c20-13-7-5-11(6-8-13)18(25)21-14(10-24)19-22-17(23-26-19)16-9-12-3-1-2-4-15(12)27-16/h1-9,14,24H,10H2,(H,21,25). The van der Waals surface area contributed by atoms with Crippen LogP contribution >= 0.6 is 11.3 Å². The van der Waals surface area contributed by atoms with Gasteiger partial charge < -0.3 is 14.9 Å². The number of rotatable bonds is 5. The van der Waals surface area contributed by atoms with Gasteiger partial charge in [-0.2, -0.15) is 4.98 Å². The molecule has 0 saturated heterocycles. The molecule has 2 aromatic carbocycles. The lowest BCUT2D eigenvalue weighted by molar-refractivity contribution is 0.0901. The van der Waals surface area contributed by atoms with Crippen LogP contribution in [0.25, 0.3) is 20.8 Å². The quantitative estimate of drug-likeness (QED) is 0.550. The summed E-state index contributed by atoms with van der Waals surface area (Å²) in [6.07, 6.45) is 0. The monoisotopic (exact) mass is 383 g/mol. The van der Waals surface area contributed by atoms with Gasteiger partial charge in [-0.1, -0.05) is 23.4 Å². The van der Waals surface area contributed by atoms with E-state index in [1.807, 2.05) is 30.3 Å². The van der Waals surface area contributed by atoms with Crippen molar-refractivity contribution in [1.29, 1.82) is 0 Å². The zero-order valence-corrected chi connectivity index (χ0v) is 14.7. The molecule has 0 aliphatic rings. The zero-order chi connectivity index (χ0) is 18.8. The summed E-state index contributed by atoms with van der Waals surface area (Å²) in [5.74, 6) is -0.424. The Labute approximate surface area is 157 Å². The summed E-state index contributed by atoms with van der Waals surface area (Å²) < 4.78 is 19.3. The molecule has 27 heavy (non-hydrogen) atoms. The number of fused-ring (bicyclic) bond motifs is 1. The predicted molar refractivity (Wildman–Crippen MR) is 98.8 cm³/mol. The molecule has 4 aromatic rings. The molecule has 1 unspecified atom stereocenters. The molecule has 0 saturated carbocycles. The average molecular weight is 383 g/mol. The molecule has 0 aliphatic heterocycles. The second-order valence-corrected chi connectivity index (χ2v) is 6.90. The van der Waals surface area contributed by atoms with Gasteiger partial charge in [0.25, 0.3) is 11.8 Å². The molecule has 0 spiro atoms. The number of nitrogens with zero attached hydrogens (tertiary/aromatic N) is 2. The Morgan fingerprint density at radius 3 is 2.74 bits per heavy atom. The van der Waals surface area contributed by atoms with Gasteiger partial charge in [-0.3, -0.25) is 4.79 Å². The summed E-state index contributed by atoms with van der Waals surface area (Å²) in [6, 6.07) is 14.1. The van der Waals surface area contributed by atoms with E-state index < -0.39 is 24.4 Å². The van der Waals surface area contributed by atoms with E-state index in [1.165, 1.54) is 35.6 Å². The highest BCUT2D eigenvalue weighted by molar-refractivity contribution is 7.22. The van der Waals surface area contributed by atoms with Gasteiger partial charge in [-0.15, -0.1) is 11.3 Å². The molecule has 8 heteroatoms. The van der Waals surface area contributed by atoms with Crippen molar-refractivity contribution in [3.05, 3.63) is 71.9 Å². The second kappa shape index (κ2) is 7.26. The van der Waals surface area contributed by atoms with Crippen molar-refractivity contribution in [2.24, 2.45) is 0 Å². The molecule has 0 radical (unpaired) electrons. The summed E-state index contributed by atoms with van der Waals surface area (Å²) in [5.41, 5.74) is 0.263. The molecule has 1 amide bonds. The first-order valence-electron chi connectivity index (χ1n) is 8.14. The minimum absolute atomic E-state index is 0.0976. The van der Waals surface area contributed by atoms with E-state index in [4.69, 9.17) is 4.52 Å². The molecule has 2 heterocycles. The third-order valence-corrected chi connectivity index (χ3v) is 5.09. The summed E-state index contributed by atoms with van der Waals surface area (Å²) in [6.45, 7) is -0.416.